The van der Waals surface area contributed by atoms with E-state index in [0.29, 0.717) is 5.88 Å². The second-order valence-corrected chi connectivity index (χ2v) is 8.15. The smallest absolute Gasteiger partial charge is 0.183 e. The average Bonchev–Trinajstić information content (AvgIpc) is 2.95. The van der Waals surface area contributed by atoms with Crippen molar-refractivity contribution in [3.8, 4) is 0 Å². The van der Waals surface area contributed by atoms with E-state index in [9.17, 15) is 4.55 Å². The summed E-state index contributed by atoms with van der Waals surface area (Å²) in [4.78, 5) is 12.2. The summed E-state index contributed by atoms with van der Waals surface area (Å²) in [6.45, 7) is 5.31. The van der Waals surface area contributed by atoms with E-state index in [-0.39, 0.29) is 0 Å². The van der Waals surface area contributed by atoms with Crippen LogP contribution in [-0.4, -0.2) is 60.1 Å². The summed E-state index contributed by atoms with van der Waals surface area (Å²) < 4.78 is 12.2. The number of pyridine rings is 1. The van der Waals surface area contributed by atoms with Gasteiger partial charge in [0.2, 0.25) is 0 Å². The van der Waals surface area contributed by atoms with Gasteiger partial charge in [-0.3, -0.25) is 9.88 Å². The number of benzene rings is 1. The molecule has 0 saturated carbocycles. The molecule has 1 unspecified atom stereocenters. The van der Waals surface area contributed by atoms with Gasteiger partial charge in [0, 0.05) is 57.1 Å². The second-order valence-electron chi connectivity index (χ2n) is 6.76. The molecule has 3 heterocycles. The molecule has 1 aromatic carbocycles. The molecule has 0 spiro atoms. The average molecular weight is 356 g/mol. The molecule has 1 atom stereocenters. The van der Waals surface area contributed by atoms with Gasteiger partial charge in [-0.25, -0.2) is 0 Å². The van der Waals surface area contributed by atoms with Crippen molar-refractivity contribution in [1.29, 1.82) is 0 Å². The predicted molar refractivity (Wildman–Crippen MR) is 103 cm³/mol. The molecule has 1 aromatic heterocycles. The third-order valence-corrected chi connectivity index (χ3v) is 6.53. The zero-order valence-corrected chi connectivity index (χ0v) is 15.4. The van der Waals surface area contributed by atoms with Crippen LogP contribution in [0.2, 0.25) is 0 Å². The van der Waals surface area contributed by atoms with Crippen molar-refractivity contribution in [2.24, 2.45) is 0 Å². The van der Waals surface area contributed by atoms with Crippen LogP contribution in [0.3, 0.4) is 0 Å². The minimum absolute atomic E-state index is 0.620. The summed E-state index contributed by atoms with van der Waals surface area (Å²) in [6, 6.07) is 10.6. The Bertz CT molecular complexity index is 719. The largest absolute Gasteiger partial charge is 0.610 e. The van der Waals surface area contributed by atoms with Gasteiger partial charge in [-0.1, -0.05) is 6.07 Å². The van der Waals surface area contributed by atoms with Gasteiger partial charge in [0.25, 0.3) is 0 Å². The van der Waals surface area contributed by atoms with Crippen molar-refractivity contribution >= 4 is 22.6 Å². The SMILES string of the molecule is CN1C[S+]([O-])c2cc(CCN3CCN(c4cccnc4)CC3)ccc21. The lowest BCUT2D eigenvalue weighted by molar-refractivity contribution is 0.261. The van der Waals surface area contributed by atoms with E-state index in [1.807, 2.05) is 25.5 Å². The van der Waals surface area contributed by atoms with E-state index in [4.69, 9.17) is 0 Å². The summed E-state index contributed by atoms with van der Waals surface area (Å²) in [6.07, 6.45) is 4.78. The Labute approximate surface area is 152 Å². The maximum atomic E-state index is 12.2. The van der Waals surface area contributed by atoms with Crippen LogP contribution in [0.25, 0.3) is 0 Å². The highest BCUT2D eigenvalue weighted by Gasteiger charge is 2.28. The van der Waals surface area contributed by atoms with Gasteiger partial charge in [-0.15, -0.1) is 0 Å². The predicted octanol–water partition coefficient (Wildman–Crippen LogP) is 1.96. The Balaban J connectivity index is 1.31. The van der Waals surface area contributed by atoms with Crippen molar-refractivity contribution < 1.29 is 4.55 Å². The van der Waals surface area contributed by atoms with Crippen LogP contribution in [0.1, 0.15) is 5.56 Å². The van der Waals surface area contributed by atoms with E-state index < -0.39 is 11.2 Å². The molecule has 1 fully saturated rings. The molecule has 1 saturated heterocycles. The van der Waals surface area contributed by atoms with Crippen molar-refractivity contribution in [3.05, 3.63) is 48.3 Å². The van der Waals surface area contributed by atoms with Crippen LogP contribution in [0.4, 0.5) is 11.4 Å². The lowest BCUT2D eigenvalue weighted by Crippen LogP contribution is -2.47. The van der Waals surface area contributed by atoms with E-state index in [1.165, 1.54) is 11.3 Å². The van der Waals surface area contributed by atoms with Gasteiger partial charge in [0.15, 0.2) is 10.8 Å². The molecule has 2 aliphatic rings. The first kappa shape index (κ1) is 16.7. The molecule has 6 heteroatoms. The van der Waals surface area contributed by atoms with Gasteiger partial charge in [-0.2, -0.15) is 0 Å². The quantitative estimate of drug-likeness (QED) is 0.784. The molecule has 4 rings (SSSR count). The maximum absolute atomic E-state index is 12.2. The van der Waals surface area contributed by atoms with Crippen molar-refractivity contribution in [1.82, 2.24) is 9.88 Å². The van der Waals surface area contributed by atoms with Crippen LogP contribution >= 0.6 is 0 Å². The minimum Gasteiger partial charge on any atom is -0.610 e. The van der Waals surface area contributed by atoms with Crippen LogP contribution in [0, 0.1) is 0 Å². The lowest BCUT2D eigenvalue weighted by atomic mass is 10.1. The summed E-state index contributed by atoms with van der Waals surface area (Å²) in [5.74, 6) is 0.620. The van der Waals surface area contributed by atoms with E-state index in [2.05, 4.69) is 43.9 Å². The van der Waals surface area contributed by atoms with Gasteiger partial charge in [0.05, 0.1) is 17.6 Å². The van der Waals surface area contributed by atoms with E-state index in [0.717, 1.165) is 49.7 Å². The summed E-state index contributed by atoms with van der Waals surface area (Å²) in [5.41, 5.74) is 3.62. The number of rotatable bonds is 4. The Morgan fingerprint density at radius 2 is 2.00 bits per heavy atom. The van der Waals surface area contributed by atoms with Crippen molar-refractivity contribution in [3.63, 3.8) is 0 Å². The Morgan fingerprint density at radius 3 is 2.76 bits per heavy atom. The molecule has 2 aliphatic heterocycles. The fraction of sp³-hybridized carbons (Fsp3) is 0.421. The monoisotopic (exact) mass is 356 g/mol. The van der Waals surface area contributed by atoms with Crippen LogP contribution in [-0.2, 0) is 17.6 Å². The normalized spacial score (nSPS) is 20.8. The molecule has 25 heavy (non-hydrogen) atoms. The fourth-order valence-electron chi connectivity index (χ4n) is 3.58. The molecular weight excluding hydrogens is 332 g/mol. The number of anilines is 2. The topological polar surface area (TPSA) is 45.7 Å². The molecule has 2 aromatic rings. The third kappa shape index (κ3) is 3.61. The van der Waals surface area contributed by atoms with Gasteiger partial charge < -0.3 is 14.4 Å². The van der Waals surface area contributed by atoms with E-state index >= 15 is 0 Å². The highest BCUT2D eigenvalue weighted by Crippen LogP contribution is 2.33. The first-order chi connectivity index (χ1) is 12.2. The molecular formula is C19H24N4OS. The standard InChI is InChI=1S/C19H24N4OS/c1-21-15-25(24)19-13-16(4-5-18(19)21)6-8-22-9-11-23(12-10-22)17-3-2-7-20-14-17/h2-5,7,13-14H,6,8-12,15H2,1H3. The minimum atomic E-state index is -0.873. The summed E-state index contributed by atoms with van der Waals surface area (Å²) >= 11 is -0.873. The molecule has 0 radical (unpaired) electrons. The Kier molecular flexibility index (Phi) is 4.83. The maximum Gasteiger partial charge on any atom is 0.183 e. The molecule has 0 N–H and O–H groups in total. The molecule has 0 bridgehead atoms. The van der Waals surface area contributed by atoms with Gasteiger partial charge >= 0.3 is 0 Å². The number of aromatic nitrogens is 1. The molecule has 5 nitrogen and oxygen atoms in total. The lowest BCUT2D eigenvalue weighted by Gasteiger charge is -2.35. The number of nitrogens with zero attached hydrogens (tertiary/aromatic N) is 4. The van der Waals surface area contributed by atoms with Crippen LogP contribution in [0.5, 0.6) is 0 Å². The summed E-state index contributed by atoms with van der Waals surface area (Å²) in [5, 5.41) is 0. The second kappa shape index (κ2) is 7.23. The molecule has 0 amide bonds. The zero-order chi connectivity index (χ0) is 17.2. The zero-order valence-electron chi connectivity index (χ0n) is 14.6. The fourth-order valence-corrected chi connectivity index (χ4v) is 4.95. The molecule has 132 valence electrons. The number of hydrogen-bond acceptors (Lipinski definition) is 5. The number of fused-ring (bicyclic) bond motifs is 1. The van der Waals surface area contributed by atoms with E-state index in [1.54, 1.807) is 0 Å². The first-order valence-corrected chi connectivity index (χ1v) is 10.1. The summed E-state index contributed by atoms with van der Waals surface area (Å²) in [7, 11) is 2.01. The first-order valence-electron chi connectivity index (χ1n) is 8.80. The van der Waals surface area contributed by atoms with Gasteiger partial charge in [-0.05, 0) is 36.2 Å². The number of hydrogen-bond donors (Lipinski definition) is 0. The Morgan fingerprint density at radius 1 is 1.16 bits per heavy atom. The highest BCUT2D eigenvalue weighted by molar-refractivity contribution is 7.92. The van der Waals surface area contributed by atoms with Crippen LogP contribution < -0.4 is 9.80 Å². The van der Waals surface area contributed by atoms with Crippen molar-refractivity contribution in [2.45, 2.75) is 11.3 Å². The Hall–Kier alpha value is -1.76. The van der Waals surface area contributed by atoms with Gasteiger partial charge in [0.1, 0.15) is 0 Å². The highest BCUT2D eigenvalue weighted by atomic mass is 32.2. The van der Waals surface area contributed by atoms with Crippen molar-refractivity contribution in [2.75, 3.05) is 55.4 Å². The van der Waals surface area contributed by atoms with Crippen LogP contribution in [0.15, 0.2) is 47.6 Å². The number of piperazine rings is 1. The molecule has 0 aliphatic carbocycles. The third-order valence-electron chi connectivity index (χ3n) is 5.09.